The van der Waals surface area contributed by atoms with E-state index in [9.17, 15) is 4.79 Å². The maximum Gasteiger partial charge on any atom is 0.272 e. The molecule has 2 aromatic heterocycles. The summed E-state index contributed by atoms with van der Waals surface area (Å²) in [6, 6.07) is 10.8. The molecule has 1 amide bonds. The first-order chi connectivity index (χ1) is 9.63. The molecule has 0 aliphatic heterocycles. The summed E-state index contributed by atoms with van der Waals surface area (Å²) in [5, 5.41) is 3.51. The van der Waals surface area contributed by atoms with Crippen LogP contribution in [0.15, 0.2) is 42.6 Å². The number of aryl methyl sites for hydroxylation is 1. The van der Waals surface area contributed by atoms with Gasteiger partial charge in [0.2, 0.25) is 0 Å². The third-order valence-corrected chi connectivity index (χ3v) is 3.31. The molecule has 0 bridgehead atoms. The zero-order chi connectivity index (χ0) is 14.1. The highest BCUT2D eigenvalue weighted by atomic mass is 35.5. The van der Waals surface area contributed by atoms with Gasteiger partial charge < -0.3 is 10.3 Å². The number of nitrogens with zero attached hydrogens (tertiary/aromatic N) is 1. The second kappa shape index (κ2) is 4.98. The van der Waals surface area contributed by atoms with E-state index in [0.717, 1.165) is 22.3 Å². The number of halogens is 1. The van der Waals surface area contributed by atoms with Crippen LogP contribution >= 0.6 is 11.6 Å². The normalized spacial score (nSPS) is 10.7. The number of rotatable bonds is 2. The largest absolute Gasteiger partial charge is 0.349 e. The quantitative estimate of drug-likeness (QED) is 0.753. The Hall–Kier alpha value is -2.33. The molecule has 0 saturated heterocycles. The van der Waals surface area contributed by atoms with Gasteiger partial charge >= 0.3 is 0 Å². The Bertz CT molecular complexity index is 762. The van der Waals surface area contributed by atoms with E-state index < -0.39 is 0 Å². The van der Waals surface area contributed by atoms with Crippen molar-refractivity contribution in [3.8, 4) is 0 Å². The summed E-state index contributed by atoms with van der Waals surface area (Å²) in [4.78, 5) is 19.5. The number of carbonyl (C=O) groups excluding carboxylic acids is 1. The van der Waals surface area contributed by atoms with Crippen molar-refractivity contribution < 1.29 is 4.79 Å². The molecule has 0 aliphatic carbocycles. The molecule has 0 spiro atoms. The number of fused-ring (bicyclic) bond motifs is 1. The third-order valence-electron chi connectivity index (χ3n) is 3.07. The number of aromatic amines is 1. The van der Waals surface area contributed by atoms with Crippen LogP contribution in [0, 0.1) is 6.92 Å². The Morgan fingerprint density at radius 1 is 1.30 bits per heavy atom. The van der Waals surface area contributed by atoms with Gasteiger partial charge in [0.05, 0.1) is 11.0 Å². The second-order valence-electron chi connectivity index (χ2n) is 4.53. The number of aromatic nitrogens is 2. The monoisotopic (exact) mass is 285 g/mol. The lowest BCUT2D eigenvalue weighted by atomic mass is 10.2. The van der Waals surface area contributed by atoms with Crippen LogP contribution in [-0.2, 0) is 0 Å². The summed E-state index contributed by atoms with van der Waals surface area (Å²) in [5.74, 6) is -0.201. The fraction of sp³-hybridized carbons (Fsp3) is 0.0667. The van der Waals surface area contributed by atoms with E-state index in [1.54, 1.807) is 24.4 Å². The summed E-state index contributed by atoms with van der Waals surface area (Å²) in [6.45, 7) is 1.90. The Morgan fingerprint density at radius 2 is 2.15 bits per heavy atom. The molecule has 4 nitrogen and oxygen atoms in total. The van der Waals surface area contributed by atoms with Gasteiger partial charge in [-0.25, -0.2) is 0 Å². The van der Waals surface area contributed by atoms with Crippen molar-refractivity contribution >= 4 is 34.2 Å². The van der Waals surface area contributed by atoms with Crippen LogP contribution < -0.4 is 5.32 Å². The average molecular weight is 286 g/mol. The molecular weight excluding hydrogens is 274 g/mol. The van der Waals surface area contributed by atoms with Crippen LogP contribution in [0.25, 0.3) is 11.0 Å². The van der Waals surface area contributed by atoms with E-state index >= 15 is 0 Å². The SMILES string of the molecule is Cc1cc(Cl)ccc1NC(=O)c1cc2ncccc2[nH]1. The Labute approximate surface area is 120 Å². The van der Waals surface area contributed by atoms with E-state index in [0.29, 0.717) is 10.7 Å². The first kappa shape index (κ1) is 12.7. The highest BCUT2D eigenvalue weighted by Gasteiger charge is 2.11. The fourth-order valence-corrected chi connectivity index (χ4v) is 2.26. The molecule has 100 valence electrons. The predicted octanol–water partition coefficient (Wildman–Crippen LogP) is 3.78. The number of anilines is 1. The lowest BCUT2D eigenvalue weighted by molar-refractivity contribution is 0.102. The van der Waals surface area contributed by atoms with Crippen LogP contribution in [0.2, 0.25) is 5.02 Å². The third kappa shape index (κ3) is 2.38. The first-order valence-electron chi connectivity index (χ1n) is 6.15. The Morgan fingerprint density at radius 3 is 2.90 bits per heavy atom. The molecule has 0 unspecified atom stereocenters. The average Bonchev–Trinajstić information content (AvgIpc) is 2.86. The number of hydrogen-bond acceptors (Lipinski definition) is 2. The molecule has 3 aromatic rings. The van der Waals surface area contributed by atoms with Gasteiger partial charge in [0.15, 0.2) is 0 Å². The summed E-state index contributed by atoms with van der Waals surface area (Å²) in [6.07, 6.45) is 1.70. The molecule has 0 saturated carbocycles. The molecule has 5 heteroatoms. The van der Waals surface area contributed by atoms with Gasteiger partial charge in [0.1, 0.15) is 5.69 Å². The summed E-state index contributed by atoms with van der Waals surface area (Å²) >= 11 is 5.90. The summed E-state index contributed by atoms with van der Waals surface area (Å²) in [5.41, 5.74) is 3.75. The van der Waals surface area contributed by atoms with Crippen LogP contribution in [0.3, 0.4) is 0 Å². The van der Waals surface area contributed by atoms with Crippen LogP contribution in [0.4, 0.5) is 5.69 Å². The number of benzene rings is 1. The van der Waals surface area contributed by atoms with Gasteiger partial charge in [-0.1, -0.05) is 11.6 Å². The molecule has 2 heterocycles. The number of hydrogen-bond donors (Lipinski definition) is 2. The number of H-pyrrole nitrogens is 1. The maximum atomic E-state index is 12.2. The van der Waals surface area contributed by atoms with Crippen molar-refractivity contribution in [2.75, 3.05) is 5.32 Å². The van der Waals surface area contributed by atoms with Crippen molar-refractivity contribution in [1.29, 1.82) is 0 Å². The topological polar surface area (TPSA) is 57.8 Å². The van der Waals surface area contributed by atoms with Crippen LogP contribution in [-0.4, -0.2) is 15.9 Å². The minimum Gasteiger partial charge on any atom is -0.349 e. The van der Waals surface area contributed by atoms with E-state index in [4.69, 9.17) is 11.6 Å². The minimum atomic E-state index is -0.201. The minimum absolute atomic E-state index is 0.201. The molecule has 0 aliphatic rings. The lowest BCUT2D eigenvalue weighted by Gasteiger charge is -2.07. The van der Waals surface area contributed by atoms with E-state index in [1.165, 1.54) is 0 Å². The number of carbonyl (C=O) groups is 1. The van der Waals surface area contributed by atoms with Gasteiger partial charge in [-0.3, -0.25) is 9.78 Å². The molecular formula is C15H12ClN3O. The van der Waals surface area contributed by atoms with Crippen molar-refractivity contribution in [1.82, 2.24) is 9.97 Å². The van der Waals surface area contributed by atoms with Gasteiger partial charge in [-0.05, 0) is 48.9 Å². The first-order valence-corrected chi connectivity index (χ1v) is 6.52. The lowest BCUT2D eigenvalue weighted by Crippen LogP contribution is -2.13. The van der Waals surface area contributed by atoms with Crippen molar-refractivity contribution in [3.05, 3.63) is 58.9 Å². The Balaban J connectivity index is 1.89. The summed E-state index contributed by atoms with van der Waals surface area (Å²) < 4.78 is 0. The van der Waals surface area contributed by atoms with E-state index in [-0.39, 0.29) is 5.91 Å². The molecule has 0 radical (unpaired) electrons. The molecule has 2 N–H and O–H groups in total. The van der Waals surface area contributed by atoms with Gasteiger partial charge in [-0.2, -0.15) is 0 Å². The molecule has 20 heavy (non-hydrogen) atoms. The van der Waals surface area contributed by atoms with Gasteiger partial charge in [-0.15, -0.1) is 0 Å². The highest BCUT2D eigenvalue weighted by Crippen LogP contribution is 2.20. The smallest absolute Gasteiger partial charge is 0.272 e. The second-order valence-corrected chi connectivity index (χ2v) is 4.97. The van der Waals surface area contributed by atoms with E-state index in [2.05, 4.69) is 15.3 Å². The van der Waals surface area contributed by atoms with Gasteiger partial charge in [0.25, 0.3) is 5.91 Å². The predicted molar refractivity (Wildman–Crippen MR) is 80.2 cm³/mol. The van der Waals surface area contributed by atoms with E-state index in [1.807, 2.05) is 25.1 Å². The standard InChI is InChI=1S/C15H12ClN3O/c1-9-7-10(16)4-5-11(9)19-15(20)14-8-13-12(18-14)3-2-6-17-13/h2-8,18H,1H3,(H,19,20). The number of nitrogens with one attached hydrogen (secondary N) is 2. The Kier molecular flexibility index (Phi) is 3.16. The van der Waals surface area contributed by atoms with Gasteiger partial charge in [0, 0.05) is 16.9 Å². The molecule has 1 aromatic carbocycles. The van der Waals surface area contributed by atoms with Crippen molar-refractivity contribution in [2.45, 2.75) is 6.92 Å². The van der Waals surface area contributed by atoms with Crippen molar-refractivity contribution in [3.63, 3.8) is 0 Å². The van der Waals surface area contributed by atoms with Crippen LogP contribution in [0.1, 0.15) is 16.1 Å². The maximum absolute atomic E-state index is 12.2. The highest BCUT2D eigenvalue weighted by molar-refractivity contribution is 6.30. The molecule has 3 rings (SSSR count). The molecule has 0 fully saturated rings. The summed E-state index contributed by atoms with van der Waals surface area (Å²) in [7, 11) is 0. The number of pyridine rings is 1. The number of amides is 1. The van der Waals surface area contributed by atoms with Crippen LogP contribution in [0.5, 0.6) is 0 Å². The fourth-order valence-electron chi connectivity index (χ4n) is 2.04. The zero-order valence-electron chi connectivity index (χ0n) is 10.8. The zero-order valence-corrected chi connectivity index (χ0v) is 11.5. The molecule has 0 atom stereocenters. The van der Waals surface area contributed by atoms with Crippen molar-refractivity contribution in [2.24, 2.45) is 0 Å².